The van der Waals surface area contributed by atoms with Crippen LogP contribution in [0.3, 0.4) is 0 Å². The molecule has 0 bridgehead atoms. The van der Waals surface area contributed by atoms with Gasteiger partial charge in [-0.15, -0.1) is 0 Å². The molecule has 1 aliphatic rings. The first-order valence-electron chi connectivity index (χ1n) is 11.2. The monoisotopic (exact) mass is 446 g/mol. The SMILES string of the molecule is CCc1nc(C=O)c(Nc2ccc(N3CCN(C)CC3)c(C)c2)nc1Oc1cccc(N)c1. The number of hydrogen-bond donors (Lipinski definition) is 2. The van der Waals surface area contributed by atoms with Crippen LogP contribution in [0, 0.1) is 6.92 Å². The molecule has 8 heteroatoms. The fraction of sp³-hybridized carbons (Fsp3) is 0.320. The highest BCUT2D eigenvalue weighted by atomic mass is 16.5. The standard InChI is InChI=1S/C25H30N6O2/c1-4-21-25(33-20-7-5-6-18(26)15-20)29-24(22(16-32)28-21)27-19-8-9-23(17(2)14-19)31-12-10-30(3)11-13-31/h5-9,14-16H,4,10-13,26H2,1-3H3,(H,27,29). The van der Waals surface area contributed by atoms with Gasteiger partial charge in [0.15, 0.2) is 12.1 Å². The number of piperazine rings is 1. The molecular formula is C25H30N6O2. The molecule has 4 rings (SSSR count). The van der Waals surface area contributed by atoms with Gasteiger partial charge < -0.3 is 25.6 Å². The number of ether oxygens (including phenoxy) is 1. The summed E-state index contributed by atoms with van der Waals surface area (Å²) in [6, 6.07) is 13.3. The fourth-order valence-electron chi connectivity index (χ4n) is 3.92. The minimum atomic E-state index is 0.243. The molecule has 172 valence electrons. The molecule has 1 saturated heterocycles. The third-order valence-corrected chi connectivity index (χ3v) is 5.78. The Labute approximate surface area is 194 Å². The first kappa shape index (κ1) is 22.5. The van der Waals surface area contributed by atoms with E-state index in [1.54, 1.807) is 18.2 Å². The minimum Gasteiger partial charge on any atom is -0.437 e. The molecule has 2 heterocycles. The van der Waals surface area contributed by atoms with Gasteiger partial charge in [0.05, 0.1) is 0 Å². The number of carbonyl (C=O) groups excluding carboxylic acids is 1. The van der Waals surface area contributed by atoms with Crippen molar-refractivity contribution in [1.29, 1.82) is 0 Å². The molecule has 0 aliphatic carbocycles. The van der Waals surface area contributed by atoms with Crippen molar-refractivity contribution in [2.75, 3.05) is 49.2 Å². The van der Waals surface area contributed by atoms with E-state index in [4.69, 9.17) is 10.5 Å². The number of nitrogen functional groups attached to an aromatic ring is 1. The predicted molar refractivity (Wildman–Crippen MR) is 132 cm³/mol. The number of nitrogens with zero attached hydrogens (tertiary/aromatic N) is 4. The fourth-order valence-corrected chi connectivity index (χ4v) is 3.92. The van der Waals surface area contributed by atoms with Crippen LogP contribution in [0.15, 0.2) is 42.5 Å². The molecular weight excluding hydrogens is 416 g/mol. The smallest absolute Gasteiger partial charge is 0.243 e. The quantitative estimate of drug-likeness (QED) is 0.415. The highest BCUT2D eigenvalue weighted by Crippen LogP contribution is 2.30. The van der Waals surface area contributed by atoms with Crippen LogP contribution in [0.2, 0.25) is 0 Å². The largest absolute Gasteiger partial charge is 0.437 e. The number of benzene rings is 2. The van der Waals surface area contributed by atoms with Crippen LogP contribution >= 0.6 is 0 Å². The van der Waals surface area contributed by atoms with Crippen molar-refractivity contribution in [1.82, 2.24) is 14.9 Å². The lowest BCUT2D eigenvalue weighted by Crippen LogP contribution is -2.44. The number of nitrogens with two attached hydrogens (primary N) is 1. The summed E-state index contributed by atoms with van der Waals surface area (Å²) >= 11 is 0. The molecule has 0 saturated carbocycles. The van der Waals surface area contributed by atoms with Crippen LogP contribution < -0.4 is 20.7 Å². The summed E-state index contributed by atoms with van der Waals surface area (Å²) in [6.07, 6.45) is 1.29. The van der Waals surface area contributed by atoms with Gasteiger partial charge in [0.1, 0.15) is 17.1 Å². The van der Waals surface area contributed by atoms with E-state index in [0.29, 0.717) is 41.5 Å². The van der Waals surface area contributed by atoms with E-state index in [2.05, 4.69) is 51.2 Å². The molecule has 1 aliphatic heterocycles. The summed E-state index contributed by atoms with van der Waals surface area (Å²) in [6.45, 7) is 8.16. The number of anilines is 4. The molecule has 0 atom stereocenters. The molecule has 8 nitrogen and oxygen atoms in total. The van der Waals surface area contributed by atoms with Crippen molar-refractivity contribution < 1.29 is 9.53 Å². The Morgan fingerprint density at radius 1 is 1.12 bits per heavy atom. The van der Waals surface area contributed by atoms with Crippen LogP contribution in [0.4, 0.5) is 22.9 Å². The molecule has 0 amide bonds. The Bertz CT molecular complexity index is 1140. The molecule has 0 unspecified atom stereocenters. The van der Waals surface area contributed by atoms with Crippen LogP contribution in [0.1, 0.15) is 28.7 Å². The lowest BCUT2D eigenvalue weighted by molar-refractivity contribution is 0.111. The Morgan fingerprint density at radius 2 is 1.91 bits per heavy atom. The molecule has 3 N–H and O–H groups in total. The van der Waals surface area contributed by atoms with Crippen LogP contribution in [0.5, 0.6) is 11.6 Å². The average molecular weight is 447 g/mol. The number of aldehydes is 1. The van der Waals surface area contributed by atoms with Crippen molar-refractivity contribution >= 4 is 29.2 Å². The third kappa shape index (κ3) is 5.23. The number of nitrogens with one attached hydrogen (secondary N) is 1. The van der Waals surface area contributed by atoms with Gasteiger partial charge in [0.2, 0.25) is 5.88 Å². The number of hydrogen-bond acceptors (Lipinski definition) is 8. The lowest BCUT2D eigenvalue weighted by atomic mass is 10.1. The van der Waals surface area contributed by atoms with Crippen molar-refractivity contribution in [3.8, 4) is 11.6 Å². The Balaban J connectivity index is 1.60. The molecule has 0 radical (unpaired) electrons. The molecule has 33 heavy (non-hydrogen) atoms. The first-order chi connectivity index (χ1) is 16.0. The number of aromatic nitrogens is 2. The second-order valence-electron chi connectivity index (χ2n) is 8.27. The molecule has 1 fully saturated rings. The number of aryl methyl sites for hydroxylation is 2. The second kappa shape index (κ2) is 9.87. The minimum absolute atomic E-state index is 0.243. The van der Waals surface area contributed by atoms with Crippen molar-refractivity contribution in [2.45, 2.75) is 20.3 Å². The highest BCUT2D eigenvalue weighted by molar-refractivity contribution is 5.82. The second-order valence-corrected chi connectivity index (χ2v) is 8.27. The number of likely N-dealkylation sites (N-methyl/N-ethyl adjacent to an activating group) is 1. The molecule has 3 aromatic rings. The van der Waals surface area contributed by atoms with Crippen LogP contribution in [-0.4, -0.2) is 54.4 Å². The molecule has 2 aromatic carbocycles. The summed E-state index contributed by atoms with van der Waals surface area (Å²) < 4.78 is 5.97. The summed E-state index contributed by atoms with van der Waals surface area (Å²) in [5, 5.41) is 3.25. The maximum atomic E-state index is 11.7. The van der Waals surface area contributed by atoms with Gasteiger partial charge in [0.25, 0.3) is 0 Å². The maximum absolute atomic E-state index is 11.7. The highest BCUT2D eigenvalue weighted by Gasteiger charge is 2.18. The number of rotatable bonds is 7. The van der Waals surface area contributed by atoms with E-state index in [-0.39, 0.29) is 5.69 Å². The summed E-state index contributed by atoms with van der Waals surface area (Å²) in [5.74, 6) is 1.27. The zero-order chi connectivity index (χ0) is 23.4. The van der Waals surface area contributed by atoms with E-state index >= 15 is 0 Å². The van der Waals surface area contributed by atoms with Gasteiger partial charge in [-0.2, -0.15) is 4.98 Å². The average Bonchev–Trinajstić information content (AvgIpc) is 2.80. The van der Waals surface area contributed by atoms with Gasteiger partial charge in [0, 0.05) is 49.3 Å². The lowest BCUT2D eigenvalue weighted by Gasteiger charge is -2.35. The van der Waals surface area contributed by atoms with Crippen molar-refractivity contribution in [3.63, 3.8) is 0 Å². The topological polar surface area (TPSA) is 96.6 Å². The van der Waals surface area contributed by atoms with Crippen LogP contribution in [-0.2, 0) is 6.42 Å². The van der Waals surface area contributed by atoms with E-state index in [0.717, 1.165) is 37.4 Å². The summed E-state index contributed by atoms with van der Waals surface area (Å²) in [7, 11) is 2.15. The van der Waals surface area contributed by atoms with Gasteiger partial charge >= 0.3 is 0 Å². The third-order valence-electron chi connectivity index (χ3n) is 5.78. The normalized spacial score (nSPS) is 14.2. The Morgan fingerprint density at radius 3 is 2.58 bits per heavy atom. The van der Waals surface area contributed by atoms with E-state index in [1.165, 1.54) is 5.69 Å². The van der Waals surface area contributed by atoms with E-state index in [1.807, 2.05) is 19.1 Å². The maximum Gasteiger partial charge on any atom is 0.243 e. The zero-order valence-electron chi connectivity index (χ0n) is 19.3. The van der Waals surface area contributed by atoms with Crippen LogP contribution in [0.25, 0.3) is 0 Å². The van der Waals surface area contributed by atoms with Gasteiger partial charge in [-0.25, -0.2) is 4.98 Å². The van der Waals surface area contributed by atoms with Gasteiger partial charge in [-0.1, -0.05) is 13.0 Å². The van der Waals surface area contributed by atoms with Crippen molar-refractivity contribution in [2.24, 2.45) is 0 Å². The molecule has 0 spiro atoms. The van der Waals surface area contributed by atoms with E-state index in [9.17, 15) is 4.79 Å². The van der Waals surface area contributed by atoms with Gasteiger partial charge in [-0.3, -0.25) is 4.79 Å². The van der Waals surface area contributed by atoms with Crippen molar-refractivity contribution in [3.05, 3.63) is 59.4 Å². The predicted octanol–water partition coefficient (Wildman–Crippen LogP) is 4.03. The first-order valence-corrected chi connectivity index (χ1v) is 11.2. The van der Waals surface area contributed by atoms with E-state index < -0.39 is 0 Å². The van der Waals surface area contributed by atoms with Gasteiger partial charge in [-0.05, 0) is 56.3 Å². The Kier molecular flexibility index (Phi) is 6.74. The summed E-state index contributed by atoms with van der Waals surface area (Å²) in [5.41, 5.74) is 10.5. The number of carbonyl (C=O) groups is 1. The molecule has 1 aromatic heterocycles. The summed E-state index contributed by atoms with van der Waals surface area (Å²) in [4.78, 5) is 25.6. The zero-order valence-corrected chi connectivity index (χ0v) is 19.3. The Hall–Kier alpha value is -3.65.